The average Bonchev–Trinajstić information content (AvgIpc) is 2.80. The normalized spacial score (nSPS) is 10.1. The smallest absolute Gasteiger partial charge is 0.355 e. The topological polar surface area (TPSA) is 55.0 Å². The molecule has 0 fully saturated rings. The van der Waals surface area contributed by atoms with Gasteiger partial charge in [-0.1, -0.05) is 18.2 Å². The molecule has 2 aromatic rings. The van der Waals surface area contributed by atoms with E-state index in [2.05, 4.69) is 6.07 Å². The molecule has 0 amide bonds. The van der Waals surface area contributed by atoms with Gasteiger partial charge >= 0.3 is 5.97 Å². The summed E-state index contributed by atoms with van der Waals surface area (Å²) in [5.41, 5.74) is 2.92. The minimum absolute atomic E-state index is 0.329. The van der Waals surface area contributed by atoms with Crippen LogP contribution >= 0.6 is 0 Å². The second-order valence-electron chi connectivity index (χ2n) is 4.46. The summed E-state index contributed by atoms with van der Waals surface area (Å²) in [7, 11) is 0. The van der Waals surface area contributed by atoms with Gasteiger partial charge in [-0.25, -0.2) is 4.79 Å². The molecule has 0 N–H and O–H groups in total. The molecule has 1 aromatic carbocycles. The van der Waals surface area contributed by atoms with Gasteiger partial charge in [0.1, 0.15) is 5.69 Å². The molecule has 0 saturated carbocycles. The number of carbonyl (C=O) groups is 1. The summed E-state index contributed by atoms with van der Waals surface area (Å²) < 4.78 is 6.90. The van der Waals surface area contributed by atoms with Crippen LogP contribution in [0.2, 0.25) is 0 Å². The number of aryl methyl sites for hydroxylation is 1. The van der Waals surface area contributed by atoms with E-state index in [1.807, 2.05) is 42.0 Å². The second-order valence-corrected chi connectivity index (χ2v) is 4.46. The van der Waals surface area contributed by atoms with Gasteiger partial charge in [0, 0.05) is 12.7 Å². The van der Waals surface area contributed by atoms with E-state index in [1.54, 1.807) is 13.0 Å². The maximum Gasteiger partial charge on any atom is 0.355 e. The fourth-order valence-corrected chi connectivity index (χ4v) is 2.14. The van der Waals surface area contributed by atoms with Crippen LogP contribution in [0.25, 0.3) is 0 Å². The van der Waals surface area contributed by atoms with E-state index in [-0.39, 0.29) is 5.97 Å². The lowest BCUT2D eigenvalue weighted by atomic mass is 10.1. The first-order valence-corrected chi connectivity index (χ1v) is 6.48. The summed E-state index contributed by atoms with van der Waals surface area (Å²) in [5, 5.41) is 9.11. The predicted octanol–water partition coefficient (Wildman–Crippen LogP) is 2.89. The Labute approximate surface area is 118 Å². The second kappa shape index (κ2) is 6.07. The molecule has 0 atom stereocenters. The van der Waals surface area contributed by atoms with Crippen LogP contribution in [0.1, 0.15) is 34.1 Å². The van der Waals surface area contributed by atoms with Crippen molar-refractivity contribution < 1.29 is 9.53 Å². The van der Waals surface area contributed by atoms with Gasteiger partial charge in [-0.3, -0.25) is 0 Å². The summed E-state index contributed by atoms with van der Waals surface area (Å²) in [6.07, 6.45) is 1.84. The molecule has 0 radical (unpaired) electrons. The van der Waals surface area contributed by atoms with E-state index in [9.17, 15) is 4.79 Å². The molecule has 0 aliphatic rings. The van der Waals surface area contributed by atoms with E-state index in [1.165, 1.54) is 0 Å². The summed E-state index contributed by atoms with van der Waals surface area (Å²) in [6, 6.07) is 11.4. The van der Waals surface area contributed by atoms with Crippen LogP contribution < -0.4 is 0 Å². The Hall–Kier alpha value is -2.54. The highest BCUT2D eigenvalue weighted by Gasteiger charge is 2.16. The maximum atomic E-state index is 12.0. The van der Waals surface area contributed by atoms with Crippen LogP contribution in [-0.2, 0) is 11.3 Å². The molecule has 4 nitrogen and oxygen atoms in total. The molecule has 0 bridgehead atoms. The molecule has 0 aliphatic carbocycles. The van der Waals surface area contributed by atoms with Gasteiger partial charge in [-0.2, -0.15) is 5.26 Å². The van der Waals surface area contributed by atoms with Gasteiger partial charge in [0.05, 0.1) is 18.2 Å². The SMILES string of the molecule is CCOC(=O)c1c(C)ccn1Cc1ccccc1C#N. The first-order chi connectivity index (χ1) is 9.67. The summed E-state index contributed by atoms with van der Waals surface area (Å²) in [4.78, 5) is 12.0. The molecule has 0 aliphatic heterocycles. The Morgan fingerprint density at radius 1 is 1.35 bits per heavy atom. The zero-order chi connectivity index (χ0) is 14.5. The lowest BCUT2D eigenvalue weighted by Gasteiger charge is -2.10. The van der Waals surface area contributed by atoms with E-state index in [0.717, 1.165) is 11.1 Å². The van der Waals surface area contributed by atoms with Crippen molar-refractivity contribution in [2.24, 2.45) is 0 Å². The lowest BCUT2D eigenvalue weighted by molar-refractivity contribution is 0.0513. The van der Waals surface area contributed by atoms with Gasteiger partial charge in [0.15, 0.2) is 0 Å². The molecule has 20 heavy (non-hydrogen) atoms. The number of rotatable bonds is 4. The Balaban J connectivity index is 2.35. The molecule has 0 saturated heterocycles. The van der Waals surface area contributed by atoms with Crippen molar-refractivity contribution in [1.82, 2.24) is 4.57 Å². The highest BCUT2D eigenvalue weighted by atomic mass is 16.5. The minimum atomic E-state index is -0.329. The predicted molar refractivity (Wildman–Crippen MR) is 75.4 cm³/mol. The van der Waals surface area contributed by atoms with Gasteiger partial charge in [-0.05, 0) is 37.1 Å². The van der Waals surface area contributed by atoms with Crippen molar-refractivity contribution in [2.45, 2.75) is 20.4 Å². The van der Waals surface area contributed by atoms with Crippen molar-refractivity contribution in [3.63, 3.8) is 0 Å². The van der Waals surface area contributed by atoms with Crippen LogP contribution in [0, 0.1) is 18.3 Å². The number of ether oxygens (including phenoxy) is 1. The number of carbonyl (C=O) groups excluding carboxylic acids is 1. The van der Waals surface area contributed by atoms with Gasteiger partial charge in [0.2, 0.25) is 0 Å². The fraction of sp³-hybridized carbons (Fsp3) is 0.250. The lowest BCUT2D eigenvalue weighted by Crippen LogP contribution is -2.14. The zero-order valence-corrected chi connectivity index (χ0v) is 11.6. The number of esters is 1. The molecule has 0 unspecified atom stereocenters. The highest BCUT2D eigenvalue weighted by molar-refractivity contribution is 5.89. The van der Waals surface area contributed by atoms with Crippen molar-refractivity contribution in [2.75, 3.05) is 6.61 Å². The number of hydrogen-bond donors (Lipinski definition) is 0. The Morgan fingerprint density at radius 2 is 2.10 bits per heavy atom. The molecular weight excluding hydrogens is 252 g/mol. The third-order valence-corrected chi connectivity index (χ3v) is 3.11. The molecule has 102 valence electrons. The van der Waals surface area contributed by atoms with Crippen LogP contribution in [0.15, 0.2) is 36.5 Å². The first-order valence-electron chi connectivity index (χ1n) is 6.48. The van der Waals surface area contributed by atoms with Crippen molar-refractivity contribution >= 4 is 5.97 Å². The highest BCUT2D eigenvalue weighted by Crippen LogP contribution is 2.16. The zero-order valence-electron chi connectivity index (χ0n) is 11.6. The first kappa shape index (κ1) is 13.9. The number of nitriles is 1. The van der Waals surface area contributed by atoms with Crippen molar-refractivity contribution in [1.29, 1.82) is 5.26 Å². The van der Waals surface area contributed by atoms with Gasteiger partial charge < -0.3 is 9.30 Å². The van der Waals surface area contributed by atoms with Crippen LogP contribution in [-0.4, -0.2) is 17.1 Å². The van der Waals surface area contributed by atoms with Crippen LogP contribution in [0.4, 0.5) is 0 Å². The summed E-state index contributed by atoms with van der Waals surface area (Å²) in [5.74, 6) is -0.329. The largest absolute Gasteiger partial charge is 0.461 e. The molecule has 2 rings (SSSR count). The monoisotopic (exact) mass is 268 g/mol. The summed E-state index contributed by atoms with van der Waals surface area (Å²) in [6.45, 7) is 4.48. The van der Waals surface area contributed by atoms with E-state index in [4.69, 9.17) is 10.00 Å². The molecule has 1 aromatic heterocycles. The fourth-order valence-electron chi connectivity index (χ4n) is 2.14. The van der Waals surface area contributed by atoms with Crippen molar-refractivity contribution in [3.05, 3.63) is 58.9 Å². The molecule has 4 heteroatoms. The Morgan fingerprint density at radius 3 is 2.80 bits per heavy atom. The quantitative estimate of drug-likeness (QED) is 0.801. The molecule has 0 spiro atoms. The Bertz CT molecular complexity index is 665. The van der Waals surface area contributed by atoms with E-state index in [0.29, 0.717) is 24.4 Å². The summed E-state index contributed by atoms with van der Waals surface area (Å²) >= 11 is 0. The minimum Gasteiger partial charge on any atom is -0.461 e. The van der Waals surface area contributed by atoms with E-state index < -0.39 is 0 Å². The Kier molecular flexibility index (Phi) is 4.21. The van der Waals surface area contributed by atoms with Crippen molar-refractivity contribution in [3.8, 4) is 6.07 Å². The van der Waals surface area contributed by atoms with Crippen LogP contribution in [0.3, 0.4) is 0 Å². The standard InChI is InChI=1S/C16H16N2O2/c1-3-20-16(19)15-12(2)8-9-18(15)11-14-7-5-4-6-13(14)10-17/h4-9H,3,11H2,1-2H3. The molecule has 1 heterocycles. The maximum absolute atomic E-state index is 12.0. The van der Waals surface area contributed by atoms with Gasteiger partial charge in [-0.15, -0.1) is 0 Å². The molecular formula is C16H16N2O2. The number of nitrogens with zero attached hydrogens (tertiary/aromatic N) is 2. The third kappa shape index (κ3) is 2.72. The van der Waals surface area contributed by atoms with Gasteiger partial charge in [0.25, 0.3) is 0 Å². The number of benzene rings is 1. The van der Waals surface area contributed by atoms with E-state index >= 15 is 0 Å². The average molecular weight is 268 g/mol. The number of aromatic nitrogens is 1. The third-order valence-electron chi connectivity index (χ3n) is 3.11. The number of hydrogen-bond acceptors (Lipinski definition) is 3. The van der Waals surface area contributed by atoms with Crippen LogP contribution in [0.5, 0.6) is 0 Å².